The summed E-state index contributed by atoms with van der Waals surface area (Å²) in [6.45, 7) is 10.2. The van der Waals surface area contributed by atoms with Crippen LogP contribution in [0, 0.1) is 11.8 Å². The number of allylic oxidation sites excluding steroid dienone is 1. The van der Waals surface area contributed by atoms with E-state index in [1.807, 2.05) is 0 Å². The molecule has 1 saturated heterocycles. The first-order valence-electron chi connectivity index (χ1n) is 9.94. The predicted molar refractivity (Wildman–Crippen MR) is 102 cm³/mol. The Morgan fingerprint density at radius 1 is 1.30 bits per heavy atom. The number of unbranched alkanes of at least 4 members (excludes halogenated alkanes) is 3. The third-order valence-corrected chi connectivity index (χ3v) is 5.63. The van der Waals surface area contributed by atoms with E-state index in [9.17, 15) is 0 Å². The maximum absolute atomic E-state index is 4.38. The van der Waals surface area contributed by atoms with Crippen molar-refractivity contribution in [3.05, 3.63) is 24.4 Å². The lowest BCUT2D eigenvalue weighted by Crippen LogP contribution is -2.40. The molecule has 1 heterocycles. The minimum Gasteiger partial charge on any atom is -0.384 e. The molecule has 23 heavy (non-hydrogen) atoms. The summed E-state index contributed by atoms with van der Waals surface area (Å²) in [4.78, 5) is 2.45. The summed E-state index contributed by atoms with van der Waals surface area (Å²) in [7, 11) is 2.23. The average Bonchev–Trinajstić information content (AvgIpc) is 3.24. The van der Waals surface area contributed by atoms with E-state index in [1.165, 1.54) is 70.0 Å². The van der Waals surface area contributed by atoms with Gasteiger partial charge >= 0.3 is 0 Å². The monoisotopic (exact) mass is 318 g/mol. The first-order valence-corrected chi connectivity index (χ1v) is 9.94. The number of likely N-dealkylation sites (N-methyl/N-ethyl adjacent to an activating group) is 1. The van der Waals surface area contributed by atoms with Gasteiger partial charge in [0, 0.05) is 17.8 Å². The molecule has 0 bridgehead atoms. The highest BCUT2D eigenvalue weighted by atomic mass is 15.2. The largest absolute Gasteiger partial charge is 0.384 e. The van der Waals surface area contributed by atoms with E-state index < -0.39 is 0 Å². The summed E-state index contributed by atoms with van der Waals surface area (Å²) in [5, 5.41) is 3.83. The zero-order valence-electron chi connectivity index (χ0n) is 15.7. The number of nitrogens with one attached hydrogen (secondary N) is 1. The Hall–Kier alpha value is -0.760. The molecule has 2 aliphatic rings. The molecule has 1 saturated carbocycles. The average molecular weight is 319 g/mol. The Balaban J connectivity index is 1.83. The molecule has 0 spiro atoms. The fourth-order valence-corrected chi connectivity index (χ4v) is 3.76. The molecule has 1 N–H and O–H groups in total. The molecule has 1 aliphatic carbocycles. The number of hydrogen-bond donors (Lipinski definition) is 1. The molecule has 2 rings (SSSR count). The second-order valence-electron chi connectivity index (χ2n) is 7.88. The summed E-state index contributed by atoms with van der Waals surface area (Å²) in [5.41, 5.74) is 1.25. The molecule has 0 aromatic heterocycles. The molecule has 2 fully saturated rings. The summed E-state index contributed by atoms with van der Waals surface area (Å²) in [6.07, 6.45) is 16.8. The fraction of sp³-hybridized carbons (Fsp3) is 0.810. The Kier molecular flexibility index (Phi) is 7.69. The summed E-state index contributed by atoms with van der Waals surface area (Å²) in [5.74, 6) is 1.55. The van der Waals surface area contributed by atoms with Crippen LogP contribution < -0.4 is 5.32 Å². The Labute approximate surface area is 144 Å². The van der Waals surface area contributed by atoms with Gasteiger partial charge in [0.2, 0.25) is 0 Å². The molecule has 0 aromatic carbocycles. The summed E-state index contributed by atoms with van der Waals surface area (Å²) >= 11 is 0. The number of likely N-dealkylation sites (tertiary alicyclic amines) is 1. The Bertz CT molecular complexity index is 383. The van der Waals surface area contributed by atoms with Crippen LogP contribution in [0.2, 0.25) is 0 Å². The lowest BCUT2D eigenvalue weighted by Gasteiger charge is -2.30. The second-order valence-corrected chi connectivity index (χ2v) is 7.88. The van der Waals surface area contributed by atoms with Crippen molar-refractivity contribution in [1.29, 1.82) is 0 Å². The number of nitrogens with zero attached hydrogens (tertiary/aromatic N) is 1. The van der Waals surface area contributed by atoms with E-state index in [0.29, 0.717) is 18.0 Å². The quantitative estimate of drug-likeness (QED) is 0.420. The molecule has 0 aromatic rings. The van der Waals surface area contributed by atoms with Crippen LogP contribution in [0.25, 0.3) is 0 Å². The minimum atomic E-state index is 0.539. The molecule has 2 unspecified atom stereocenters. The summed E-state index contributed by atoms with van der Waals surface area (Å²) in [6, 6.07) is 1.10. The van der Waals surface area contributed by atoms with E-state index in [2.05, 4.69) is 49.8 Å². The molecule has 2 heteroatoms. The molecule has 132 valence electrons. The van der Waals surface area contributed by atoms with Crippen LogP contribution in [0.5, 0.6) is 0 Å². The highest BCUT2D eigenvalue weighted by molar-refractivity contribution is 5.09. The SMILES string of the molecule is C=C(NC(CC1CC1)[C@@H](C)/C=C\CCCCC)C1CCCN1C. The molecular weight excluding hydrogens is 280 g/mol. The molecular formula is C21H38N2. The highest BCUT2D eigenvalue weighted by Gasteiger charge is 2.30. The van der Waals surface area contributed by atoms with Crippen LogP contribution in [0.3, 0.4) is 0 Å². The third-order valence-electron chi connectivity index (χ3n) is 5.63. The zero-order valence-corrected chi connectivity index (χ0v) is 15.7. The second kappa shape index (κ2) is 9.52. The van der Waals surface area contributed by atoms with Crippen LogP contribution in [-0.2, 0) is 0 Å². The third kappa shape index (κ3) is 6.33. The van der Waals surface area contributed by atoms with E-state index >= 15 is 0 Å². The maximum Gasteiger partial charge on any atom is 0.0486 e. The predicted octanol–water partition coefficient (Wildman–Crippen LogP) is 5.13. The normalized spacial score (nSPS) is 24.9. The van der Waals surface area contributed by atoms with Crippen LogP contribution in [0.1, 0.15) is 71.6 Å². The molecule has 2 nitrogen and oxygen atoms in total. The first kappa shape index (κ1) is 18.6. The van der Waals surface area contributed by atoms with Crippen molar-refractivity contribution in [2.45, 2.75) is 83.7 Å². The van der Waals surface area contributed by atoms with Gasteiger partial charge in [0.15, 0.2) is 0 Å². The van der Waals surface area contributed by atoms with Crippen LogP contribution in [-0.4, -0.2) is 30.6 Å². The fourth-order valence-electron chi connectivity index (χ4n) is 3.76. The first-order chi connectivity index (χ1) is 11.1. The van der Waals surface area contributed by atoms with Gasteiger partial charge in [-0.3, -0.25) is 4.90 Å². The number of hydrogen-bond acceptors (Lipinski definition) is 2. The van der Waals surface area contributed by atoms with E-state index in [-0.39, 0.29) is 0 Å². The van der Waals surface area contributed by atoms with Gasteiger partial charge in [0.05, 0.1) is 0 Å². The smallest absolute Gasteiger partial charge is 0.0486 e. The van der Waals surface area contributed by atoms with Crippen LogP contribution in [0.15, 0.2) is 24.4 Å². The standard InChI is InChI=1S/C21H38N2/c1-5-6-7-8-9-11-17(2)20(16-19-13-14-19)22-18(3)21-12-10-15-23(21)4/h9,11,17,19-22H,3,5-8,10,12-16H2,1-2,4H3/b11-9-/t17-,20?,21?/m0/s1. The van der Waals surface area contributed by atoms with Gasteiger partial charge in [-0.25, -0.2) is 0 Å². The van der Waals surface area contributed by atoms with E-state index in [4.69, 9.17) is 0 Å². The molecule has 0 amide bonds. The van der Waals surface area contributed by atoms with Crippen LogP contribution in [0.4, 0.5) is 0 Å². The molecule has 3 atom stereocenters. The van der Waals surface area contributed by atoms with Gasteiger partial charge < -0.3 is 5.32 Å². The molecule has 0 radical (unpaired) electrons. The minimum absolute atomic E-state index is 0.539. The lowest BCUT2D eigenvalue weighted by molar-refractivity contribution is 0.315. The van der Waals surface area contributed by atoms with Gasteiger partial charge in [-0.1, -0.05) is 58.3 Å². The van der Waals surface area contributed by atoms with Gasteiger partial charge in [-0.2, -0.15) is 0 Å². The van der Waals surface area contributed by atoms with E-state index in [0.717, 1.165) is 5.92 Å². The van der Waals surface area contributed by atoms with Gasteiger partial charge in [-0.15, -0.1) is 0 Å². The van der Waals surface area contributed by atoms with Crippen molar-refractivity contribution in [3.63, 3.8) is 0 Å². The molecule has 1 aliphatic heterocycles. The van der Waals surface area contributed by atoms with Crippen molar-refractivity contribution in [1.82, 2.24) is 10.2 Å². The Morgan fingerprint density at radius 3 is 2.70 bits per heavy atom. The van der Waals surface area contributed by atoms with Crippen LogP contribution >= 0.6 is 0 Å². The van der Waals surface area contributed by atoms with Crippen molar-refractivity contribution in [2.75, 3.05) is 13.6 Å². The van der Waals surface area contributed by atoms with Crippen molar-refractivity contribution < 1.29 is 0 Å². The van der Waals surface area contributed by atoms with Gasteiger partial charge in [0.1, 0.15) is 0 Å². The van der Waals surface area contributed by atoms with Gasteiger partial charge in [0.25, 0.3) is 0 Å². The lowest BCUT2D eigenvalue weighted by atomic mass is 9.94. The van der Waals surface area contributed by atoms with Crippen molar-refractivity contribution >= 4 is 0 Å². The zero-order chi connectivity index (χ0) is 16.7. The maximum atomic E-state index is 4.38. The Morgan fingerprint density at radius 2 is 2.09 bits per heavy atom. The van der Waals surface area contributed by atoms with Crippen molar-refractivity contribution in [3.8, 4) is 0 Å². The topological polar surface area (TPSA) is 15.3 Å². The summed E-state index contributed by atoms with van der Waals surface area (Å²) < 4.78 is 0. The van der Waals surface area contributed by atoms with Gasteiger partial charge in [-0.05, 0) is 57.5 Å². The highest BCUT2D eigenvalue weighted by Crippen LogP contribution is 2.35. The van der Waals surface area contributed by atoms with E-state index in [1.54, 1.807) is 0 Å². The number of rotatable bonds is 11. The van der Waals surface area contributed by atoms with Crippen molar-refractivity contribution in [2.24, 2.45) is 11.8 Å².